The van der Waals surface area contributed by atoms with Gasteiger partial charge in [0.05, 0.1) is 18.5 Å². The van der Waals surface area contributed by atoms with Crippen molar-refractivity contribution in [1.29, 1.82) is 0 Å². The van der Waals surface area contributed by atoms with Crippen LogP contribution in [0.2, 0.25) is 0 Å². The van der Waals surface area contributed by atoms with Crippen molar-refractivity contribution in [2.75, 3.05) is 6.61 Å². The van der Waals surface area contributed by atoms with Crippen molar-refractivity contribution in [2.45, 2.75) is 19.8 Å². The minimum atomic E-state index is -0.296. The lowest BCUT2D eigenvalue weighted by Crippen LogP contribution is -2.10. The van der Waals surface area contributed by atoms with Gasteiger partial charge in [-0.3, -0.25) is 0 Å². The zero-order chi connectivity index (χ0) is 12.7. The minimum Gasteiger partial charge on any atom is -0.461 e. The molecular weight excluding hydrogens is 232 g/mol. The van der Waals surface area contributed by atoms with E-state index in [4.69, 9.17) is 9.26 Å². The molecule has 0 saturated carbocycles. The molecule has 0 aromatic carbocycles. The first-order valence-electron chi connectivity index (χ1n) is 6.02. The van der Waals surface area contributed by atoms with Gasteiger partial charge in [0.2, 0.25) is 0 Å². The highest BCUT2D eigenvalue weighted by molar-refractivity contribution is 5.90. The molecule has 0 N–H and O–H groups in total. The maximum Gasteiger partial charge on any atom is 0.354 e. The van der Waals surface area contributed by atoms with Crippen LogP contribution in [0.4, 0.5) is 0 Å². The van der Waals surface area contributed by atoms with E-state index in [1.54, 1.807) is 13.1 Å². The molecular formula is C13H14N2O3. The number of aryl methyl sites for hydroxylation is 2. The average molecular weight is 246 g/mol. The SMILES string of the molecule is CCOC(=O)c1cc2c(n1C)-c1oncc1CC2. The van der Waals surface area contributed by atoms with Gasteiger partial charge in [0, 0.05) is 12.6 Å². The maximum absolute atomic E-state index is 11.8. The Labute approximate surface area is 104 Å². The van der Waals surface area contributed by atoms with Crippen molar-refractivity contribution >= 4 is 5.97 Å². The summed E-state index contributed by atoms with van der Waals surface area (Å²) < 4.78 is 12.2. The quantitative estimate of drug-likeness (QED) is 0.760. The summed E-state index contributed by atoms with van der Waals surface area (Å²) in [6.45, 7) is 2.18. The molecule has 2 heterocycles. The van der Waals surface area contributed by atoms with Crippen LogP contribution in [0.25, 0.3) is 11.5 Å². The van der Waals surface area contributed by atoms with Crippen molar-refractivity contribution in [3.8, 4) is 11.5 Å². The van der Waals surface area contributed by atoms with Crippen LogP contribution in [-0.2, 0) is 24.6 Å². The smallest absolute Gasteiger partial charge is 0.354 e. The van der Waals surface area contributed by atoms with Gasteiger partial charge in [-0.05, 0) is 31.4 Å². The lowest BCUT2D eigenvalue weighted by atomic mass is 9.97. The largest absolute Gasteiger partial charge is 0.461 e. The van der Waals surface area contributed by atoms with Gasteiger partial charge in [0.15, 0.2) is 5.76 Å². The second-order valence-electron chi connectivity index (χ2n) is 4.36. The fourth-order valence-corrected chi connectivity index (χ4v) is 2.46. The van der Waals surface area contributed by atoms with Gasteiger partial charge in [-0.1, -0.05) is 5.16 Å². The van der Waals surface area contributed by atoms with Gasteiger partial charge in [-0.2, -0.15) is 0 Å². The van der Waals surface area contributed by atoms with Crippen LogP contribution in [-0.4, -0.2) is 22.3 Å². The number of hydrogen-bond donors (Lipinski definition) is 0. The molecule has 1 aliphatic rings. The van der Waals surface area contributed by atoms with Crippen molar-refractivity contribution in [1.82, 2.24) is 9.72 Å². The summed E-state index contributed by atoms with van der Waals surface area (Å²) in [5.41, 5.74) is 3.71. The second kappa shape index (κ2) is 4.01. The molecule has 0 atom stereocenters. The van der Waals surface area contributed by atoms with Crippen molar-refractivity contribution in [3.05, 3.63) is 29.1 Å². The lowest BCUT2D eigenvalue weighted by molar-refractivity contribution is 0.0515. The molecule has 0 radical (unpaired) electrons. The Kier molecular flexibility index (Phi) is 2.47. The van der Waals surface area contributed by atoms with E-state index in [2.05, 4.69) is 5.16 Å². The van der Waals surface area contributed by atoms with Crippen LogP contribution in [0.15, 0.2) is 16.8 Å². The third kappa shape index (κ3) is 1.47. The third-order valence-electron chi connectivity index (χ3n) is 3.32. The maximum atomic E-state index is 11.8. The molecule has 0 saturated heterocycles. The van der Waals surface area contributed by atoms with E-state index in [1.807, 2.05) is 17.7 Å². The molecule has 0 bridgehead atoms. The van der Waals surface area contributed by atoms with E-state index in [0.717, 1.165) is 35.4 Å². The highest BCUT2D eigenvalue weighted by atomic mass is 16.5. The number of rotatable bonds is 2. The van der Waals surface area contributed by atoms with E-state index in [9.17, 15) is 4.79 Å². The normalized spacial score (nSPS) is 13.0. The number of nitrogens with zero attached hydrogens (tertiary/aromatic N) is 2. The van der Waals surface area contributed by atoms with E-state index >= 15 is 0 Å². The Morgan fingerprint density at radius 1 is 1.50 bits per heavy atom. The first-order chi connectivity index (χ1) is 8.72. The molecule has 0 fully saturated rings. The van der Waals surface area contributed by atoms with Crippen LogP contribution >= 0.6 is 0 Å². The predicted molar refractivity (Wildman–Crippen MR) is 64.3 cm³/mol. The second-order valence-corrected chi connectivity index (χ2v) is 4.36. The van der Waals surface area contributed by atoms with E-state index in [-0.39, 0.29) is 5.97 Å². The fourth-order valence-electron chi connectivity index (χ4n) is 2.46. The molecule has 0 amide bonds. The summed E-state index contributed by atoms with van der Waals surface area (Å²) in [5.74, 6) is 0.477. The summed E-state index contributed by atoms with van der Waals surface area (Å²) in [7, 11) is 1.85. The first kappa shape index (κ1) is 11.1. The topological polar surface area (TPSA) is 57.3 Å². The van der Waals surface area contributed by atoms with Crippen LogP contribution < -0.4 is 0 Å². The van der Waals surface area contributed by atoms with Gasteiger partial charge in [-0.25, -0.2) is 4.79 Å². The fraction of sp³-hybridized carbons (Fsp3) is 0.385. The molecule has 94 valence electrons. The number of ether oxygens (including phenoxy) is 1. The van der Waals surface area contributed by atoms with Crippen molar-refractivity contribution in [2.24, 2.45) is 7.05 Å². The van der Waals surface area contributed by atoms with Gasteiger partial charge >= 0.3 is 5.97 Å². The number of esters is 1. The van der Waals surface area contributed by atoms with Crippen LogP contribution in [0.1, 0.15) is 28.5 Å². The van der Waals surface area contributed by atoms with Crippen molar-refractivity contribution < 1.29 is 14.1 Å². The third-order valence-corrected chi connectivity index (χ3v) is 3.32. The zero-order valence-corrected chi connectivity index (χ0v) is 10.4. The molecule has 5 nitrogen and oxygen atoms in total. The monoisotopic (exact) mass is 246 g/mol. The van der Waals surface area contributed by atoms with Crippen LogP contribution in [0.5, 0.6) is 0 Å². The Balaban J connectivity index is 2.12. The molecule has 18 heavy (non-hydrogen) atoms. The van der Waals surface area contributed by atoms with Gasteiger partial charge in [0.1, 0.15) is 5.69 Å². The van der Waals surface area contributed by atoms with E-state index in [1.165, 1.54) is 0 Å². The average Bonchev–Trinajstić information content (AvgIpc) is 2.93. The van der Waals surface area contributed by atoms with E-state index < -0.39 is 0 Å². The predicted octanol–water partition coefficient (Wildman–Crippen LogP) is 1.96. The highest BCUT2D eigenvalue weighted by Gasteiger charge is 2.27. The van der Waals surface area contributed by atoms with Crippen molar-refractivity contribution in [3.63, 3.8) is 0 Å². The number of carbonyl (C=O) groups is 1. The molecule has 3 rings (SSSR count). The Hall–Kier alpha value is -2.04. The summed E-state index contributed by atoms with van der Waals surface area (Å²) in [6, 6.07) is 1.89. The van der Waals surface area contributed by atoms with E-state index in [0.29, 0.717) is 12.3 Å². The van der Waals surface area contributed by atoms with Crippen LogP contribution in [0.3, 0.4) is 0 Å². The molecule has 2 aromatic heterocycles. The Bertz CT molecular complexity index is 610. The molecule has 0 unspecified atom stereocenters. The number of aromatic nitrogens is 2. The summed E-state index contributed by atoms with van der Waals surface area (Å²) in [5, 5.41) is 3.83. The summed E-state index contributed by atoms with van der Waals surface area (Å²) >= 11 is 0. The number of fused-ring (bicyclic) bond motifs is 3. The van der Waals surface area contributed by atoms with Crippen LogP contribution in [0, 0.1) is 0 Å². The summed E-state index contributed by atoms with van der Waals surface area (Å²) in [6.07, 6.45) is 3.55. The highest BCUT2D eigenvalue weighted by Crippen LogP contribution is 2.35. The Morgan fingerprint density at radius 2 is 2.28 bits per heavy atom. The molecule has 2 aromatic rings. The molecule has 5 heteroatoms. The Morgan fingerprint density at radius 3 is 3.06 bits per heavy atom. The standard InChI is InChI=1S/C13H14N2O3/c1-3-17-13(16)10-6-8-4-5-9-7-14-18-12(9)11(8)15(10)2/h6-7H,3-5H2,1-2H3. The van der Waals surface area contributed by atoms with Gasteiger partial charge in [0.25, 0.3) is 0 Å². The zero-order valence-electron chi connectivity index (χ0n) is 10.4. The number of carbonyl (C=O) groups excluding carboxylic acids is 1. The van der Waals surface area contributed by atoms with Gasteiger partial charge in [-0.15, -0.1) is 0 Å². The minimum absolute atomic E-state index is 0.296. The van der Waals surface area contributed by atoms with Gasteiger partial charge < -0.3 is 13.8 Å². The molecule has 0 spiro atoms. The molecule has 1 aliphatic carbocycles. The summed E-state index contributed by atoms with van der Waals surface area (Å²) in [4.78, 5) is 11.8. The first-order valence-corrected chi connectivity index (χ1v) is 6.02. The lowest BCUT2D eigenvalue weighted by Gasteiger charge is -2.11. The molecule has 0 aliphatic heterocycles. The number of hydrogen-bond acceptors (Lipinski definition) is 4.